The summed E-state index contributed by atoms with van der Waals surface area (Å²) in [5.74, 6) is -0.772. The van der Waals surface area contributed by atoms with E-state index >= 15 is 0 Å². The second-order valence-corrected chi connectivity index (χ2v) is 2.90. The van der Waals surface area contributed by atoms with Crippen LogP contribution in [0.15, 0.2) is 6.20 Å². The summed E-state index contributed by atoms with van der Waals surface area (Å²) in [6.45, 7) is -5.09. The minimum atomic E-state index is -5.09. The van der Waals surface area contributed by atoms with Crippen molar-refractivity contribution in [1.82, 2.24) is 9.78 Å². The molecule has 10 heteroatoms. The van der Waals surface area contributed by atoms with E-state index in [0.29, 0.717) is 4.68 Å². The van der Waals surface area contributed by atoms with Gasteiger partial charge in [0.15, 0.2) is 5.02 Å². The highest BCUT2D eigenvalue weighted by Gasteiger charge is 2.28. The second-order valence-electron chi connectivity index (χ2n) is 2.49. The van der Waals surface area contributed by atoms with E-state index in [1.54, 1.807) is 0 Å². The topological polar surface area (TPSA) is 61.0 Å². The second kappa shape index (κ2) is 3.48. The number of rotatable bonds is 3. The predicted octanol–water partition coefficient (Wildman–Crippen LogP) is 1.83. The van der Waals surface area contributed by atoms with Crippen LogP contribution in [0.3, 0.4) is 0 Å². The Morgan fingerprint density at radius 1 is 1.64 bits per heavy atom. The van der Waals surface area contributed by atoms with Crippen LogP contribution in [0.5, 0.6) is 0 Å². The van der Waals surface area contributed by atoms with Crippen molar-refractivity contribution in [3.8, 4) is 0 Å². The third kappa shape index (κ3) is 2.62. The van der Waals surface area contributed by atoms with Gasteiger partial charge in [0.1, 0.15) is 0 Å². The number of halogens is 4. The van der Waals surface area contributed by atoms with Crippen LogP contribution < -0.4 is 0 Å². The average molecular weight is 228 g/mol. The average Bonchev–Trinajstić information content (AvgIpc) is 2.26. The summed E-state index contributed by atoms with van der Waals surface area (Å²) in [6, 6.07) is 0. The zero-order chi connectivity index (χ0) is 10.9. The van der Waals surface area contributed by atoms with Gasteiger partial charge in [0.25, 0.3) is 0 Å². The first-order valence-electron chi connectivity index (χ1n) is 3.38. The molecule has 0 aliphatic carbocycles. The van der Waals surface area contributed by atoms with Gasteiger partial charge in [-0.15, -0.1) is 0 Å². The normalized spacial score (nSPS) is 11.7. The molecule has 0 aromatic carbocycles. The zero-order valence-electron chi connectivity index (χ0n) is 6.53. The molecular weight excluding hydrogens is 225 g/mol. The van der Waals surface area contributed by atoms with E-state index in [9.17, 15) is 23.1 Å². The van der Waals surface area contributed by atoms with Crippen molar-refractivity contribution in [2.75, 3.05) is 0 Å². The molecule has 1 rings (SSSR count). The van der Waals surface area contributed by atoms with E-state index in [1.807, 2.05) is 0 Å². The molecule has 0 saturated heterocycles. The molecule has 0 fully saturated rings. The summed E-state index contributed by atoms with van der Waals surface area (Å²) in [5.41, 5.74) is 0. The Kier molecular flexibility index (Phi) is 2.70. The molecule has 0 aliphatic heterocycles. The Bertz CT molecular complexity index is 365. The van der Waals surface area contributed by atoms with Crippen molar-refractivity contribution in [2.45, 2.75) is 6.44 Å². The van der Waals surface area contributed by atoms with Crippen molar-refractivity contribution < 1.29 is 17.9 Å². The first kappa shape index (κ1) is 10.8. The SMILES string of the molecule is O=[N+]([O-])c1nn(C[B-](F)(F)F)cc1Cl. The smallest absolute Gasteiger partial charge is 0.448 e. The van der Waals surface area contributed by atoms with Crippen LogP contribution in [0.1, 0.15) is 0 Å². The summed E-state index contributed by atoms with van der Waals surface area (Å²) < 4.78 is 36.0. The van der Waals surface area contributed by atoms with Crippen LogP contribution in [0.4, 0.5) is 18.8 Å². The summed E-state index contributed by atoms with van der Waals surface area (Å²) in [5, 5.41) is 12.8. The van der Waals surface area contributed by atoms with Gasteiger partial charge in [-0.25, -0.2) is 4.68 Å². The zero-order valence-corrected chi connectivity index (χ0v) is 7.29. The van der Waals surface area contributed by atoms with E-state index in [4.69, 9.17) is 11.6 Å². The lowest BCUT2D eigenvalue weighted by Gasteiger charge is -2.09. The molecule has 1 aromatic rings. The molecule has 0 spiro atoms. The van der Waals surface area contributed by atoms with Gasteiger partial charge >= 0.3 is 12.8 Å². The molecule has 0 N–H and O–H groups in total. The number of hydrogen-bond acceptors (Lipinski definition) is 3. The number of nitrogens with zero attached hydrogens (tertiary/aromatic N) is 3. The molecular formula is C4H3BClF3N3O2-. The van der Waals surface area contributed by atoms with E-state index in [0.717, 1.165) is 6.20 Å². The van der Waals surface area contributed by atoms with Crippen LogP contribution >= 0.6 is 11.6 Å². The van der Waals surface area contributed by atoms with Gasteiger partial charge in [0.05, 0.1) is 11.3 Å². The number of aromatic nitrogens is 2. The van der Waals surface area contributed by atoms with Crippen molar-refractivity contribution in [1.29, 1.82) is 0 Å². The number of hydrogen-bond donors (Lipinski definition) is 0. The highest BCUT2D eigenvalue weighted by atomic mass is 35.5. The van der Waals surface area contributed by atoms with Crippen LogP contribution in [-0.2, 0) is 6.44 Å². The van der Waals surface area contributed by atoms with Crippen LogP contribution in [-0.4, -0.2) is 21.7 Å². The molecule has 0 amide bonds. The minimum absolute atomic E-state index is 0.403. The summed E-state index contributed by atoms with van der Waals surface area (Å²) >= 11 is 5.28. The lowest BCUT2D eigenvalue weighted by Crippen LogP contribution is -2.24. The van der Waals surface area contributed by atoms with Gasteiger partial charge in [0.2, 0.25) is 0 Å². The minimum Gasteiger partial charge on any atom is -0.448 e. The summed E-state index contributed by atoms with van der Waals surface area (Å²) in [4.78, 5) is 9.23. The molecule has 0 radical (unpaired) electrons. The van der Waals surface area contributed by atoms with Gasteiger partial charge in [-0.1, -0.05) is 11.6 Å². The van der Waals surface area contributed by atoms with Gasteiger partial charge in [-0.05, 0) is 4.92 Å². The van der Waals surface area contributed by atoms with E-state index < -0.39 is 29.2 Å². The highest BCUT2D eigenvalue weighted by molar-refractivity contribution is 6.57. The lowest BCUT2D eigenvalue weighted by atomic mass is 9.93. The predicted molar refractivity (Wildman–Crippen MR) is 43.0 cm³/mol. The van der Waals surface area contributed by atoms with Gasteiger partial charge in [-0.3, -0.25) is 0 Å². The largest absolute Gasteiger partial charge is 0.501 e. The molecule has 1 aromatic heterocycles. The maximum Gasteiger partial charge on any atom is 0.501 e. The molecule has 0 bridgehead atoms. The fraction of sp³-hybridized carbons (Fsp3) is 0.250. The Labute approximate surface area is 80.7 Å². The first-order chi connectivity index (χ1) is 6.29. The van der Waals surface area contributed by atoms with Gasteiger partial charge < -0.3 is 23.1 Å². The monoisotopic (exact) mass is 228 g/mol. The fourth-order valence-corrected chi connectivity index (χ4v) is 1.04. The van der Waals surface area contributed by atoms with E-state index in [2.05, 4.69) is 5.10 Å². The standard InChI is InChI=1S/C4H3BClF3N3O2/c6-3-1-11(2-5(7,8)9)10-4(3)12(13)14/h1H,2H2/q-1. The highest BCUT2D eigenvalue weighted by Crippen LogP contribution is 2.22. The fourth-order valence-electron chi connectivity index (χ4n) is 0.816. The summed E-state index contributed by atoms with van der Waals surface area (Å²) in [7, 11) is 0. The Morgan fingerprint density at radius 3 is 2.57 bits per heavy atom. The van der Waals surface area contributed by atoms with Crippen molar-refractivity contribution >= 4 is 24.4 Å². The Balaban J connectivity index is 2.92. The maximum atomic E-state index is 11.9. The lowest BCUT2D eigenvalue weighted by molar-refractivity contribution is -0.389. The van der Waals surface area contributed by atoms with Gasteiger partial charge in [-0.2, -0.15) is 0 Å². The molecule has 0 aliphatic rings. The molecule has 0 unspecified atom stereocenters. The molecule has 1 heterocycles. The molecule has 0 saturated carbocycles. The van der Waals surface area contributed by atoms with Crippen molar-refractivity contribution in [3.63, 3.8) is 0 Å². The van der Waals surface area contributed by atoms with Gasteiger partial charge in [0, 0.05) is 6.44 Å². The Hall–Kier alpha value is -1.25. The third-order valence-corrected chi connectivity index (χ3v) is 1.53. The number of nitro groups is 1. The van der Waals surface area contributed by atoms with Crippen LogP contribution in [0, 0.1) is 10.1 Å². The third-order valence-electron chi connectivity index (χ3n) is 1.27. The van der Waals surface area contributed by atoms with Crippen LogP contribution in [0.25, 0.3) is 0 Å². The summed E-state index contributed by atoms with van der Waals surface area (Å²) in [6.07, 6.45) is -0.567. The first-order valence-corrected chi connectivity index (χ1v) is 3.76. The van der Waals surface area contributed by atoms with E-state index in [-0.39, 0.29) is 0 Å². The quantitative estimate of drug-likeness (QED) is 0.450. The van der Waals surface area contributed by atoms with E-state index in [1.165, 1.54) is 0 Å². The Morgan fingerprint density at radius 2 is 2.21 bits per heavy atom. The van der Waals surface area contributed by atoms with Crippen molar-refractivity contribution in [3.05, 3.63) is 21.3 Å². The maximum absolute atomic E-state index is 11.9. The van der Waals surface area contributed by atoms with Crippen molar-refractivity contribution in [2.24, 2.45) is 0 Å². The molecule has 78 valence electrons. The molecule has 0 atom stereocenters. The molecule has 14 heavy (non-hydrogen) atoms. The molecule has 5 nitrogen and oxygen atoms in total. The van der Waals surface area contributed by atoms with Crippen LogP contribution in [0.2, 0.25) is 5.02 Å².